The van der Waals surface area contributed by atoms with Crippen LogP contribution >= 0.6 is 11.3 Å². The van der Waals surface area contributed by atoms with Gasteiger partial charge in [-0.2, -0.15) is 0 Å². The van der Waals surface area contributed by atoms with Crippen LogP contribution in [0.2, 0.25) is 0 Å². The molecule has 0 fully saturated rings. The SMILES string of the molecule is [c]1csc2ccc(-c3ccccn3)cc12. The van der Waals surface area contributed by atoms with Crippen LogP contribution in [-0.2, 0) is 0 Å². The molecule has 0 aliphatic heterocycles. The highest BCUT2D eigenvalue weighted by molar-refractivity contribution is 7.17. The highest BCUT2D eigenvalue weighted by atomic mass is 32.1. The number of aromatic nitrogens is 1. The minimum atomic E-state index is 1.01. The summed E-state index contributed by atoms with van der Waals surface area (Å²) in [5.41, 5.74) is 2.16. The molecule has 0 aliphatic carbocycles. The average molecular weight is 210 g/mol. The largest absolute Gasteiger partial charge is 0.256 e. The Hall–Kier alpha value is -1.67. The van der Waals surface area contributed by atoms with Gasteiger partial charge in [0.1, 0.15) is 0 Å². The number of pyridine rings is 1. The molecular formula is C13H8NS. The predicted molar refractivity (Wildman–Crippen MR) is 63.9 cm³/mol. The van der Waals surface area contributed by atoms with E-state index < -0.39 is 0 Å². The summed E-state index contributed by atoms with van der Waals surface area (Å²) in [6.07, 6.45) is 1.82. The van der Waals surface area contributed by atoms with Gasteiger partial charge >= 0.3 is 0 Å². The lowest BCUT2D eigenvalue weighted by atomic mass is 10.1. The van der Waals surface area contributed by atoms with Crippen molar-refractivity contribution >= 4 is 21.4 Å². The van der Waals surface area contributed by atoms with E-state index in [-0.39, 0.29) is 0 Å². The summed E-state index contributed by atoms with van der Waals surface area (Å²) in [6.45, 7) is 0. The summed E-state index contributed by atoms with van der Waals surface area (Å²) in [4.78, 5) is 4.33. The third-order valence-corrected chi connectivity index (χ3v) is 3.19. The molecule has 0 atom stereocenters. The molecule has 0 unspecified atom stereocenters. The van der Waals surface area contributed by atoms with E-state index in [1.807, 2.05) is 29.8 Å². The summed E-state index contributed by atoms with van der Waals surface area (Å²) in [7, 11) is 0. The molecule has 0 N–H and O–H groups in total. The predicted octanol–water partition coefficient (Wildman–Crippen LogP) is 3.76. The molecule has 0 aliphatic rings. The lowest BCUT2D eigenvalue weighted by Gasteiger charge is -1.99. The highest BCUT2D eigenvalue weighted by Crippen LogP contribution is 2.25. The molecule has 0 amide bonds. The van der Waals surface area contributed by atoms with Gasteiger partial charge in [0.2, 0.25) is 0 Å². The molecular weight excluding hydrogens is 202 g/mol. The van der Waals surface area contributed by atoms with Gasteiger partial charge in [0, 0.05) is 27.9 Å². The van der Waals surface area contributed by atoms with E-state index >= 15 is 0 Å². The fraction of sp³-hybridized carbons (Fsp3) is 0. The number of nitrogens with zero attached hydrogens (tertiary/aromatic N) is 1. The Bertz CT molecular complexity index is 584. The fourth-order valence-corrected chi connectivity index (χ4v) is 2.30. The maximum atomic E-state index is 4.33. The molecule has 2 aromatic heterocycles. The number of thiophene rings is 1. The minimum Gasteiger partial charge on any atom is -0.256 e. The van der Waals surface area contributed by atoms with E-state index in [4.69, 9.17) is 0 Å². The van der Waals surface area contributed by atoms with Gasteiger partial charge in [0.25, 0.3) is 0 Å². The maximum absolute atomic E-state index is 4.33. The second-order valence-corrected chi connectivity index (χ2v) is 4.22. The Morgan fingerprint density at radius 2 is 2.13 bits per heavy atom. The first kappa shape index (κ1) is 8.62. The van der Waals surface area contributed by atoms with Crippen LogP contribution in [0.5, 0.6) is 0 Å². The summed E-state index contributed by atoms with van der Waals surface area (Å²) in [6, 6.07) is 15.5. The number of hydrogen-bond acceptors (Lipinski definition) is 2. The number of hydrogen-bond donors (Lipinski definition) is 0. The van der Waals surface area contributed by atoms with Crippen LogP contribution in [-0.4, -0.2) is 4.98 Å². The quantitative estimate of drug-likeness (QED) is 0.596. The maximum Gasteiger partial charge on any atom is 0.0702 e. The van der Waals surface area contributed by atoms with E-state index in [0.29, 0.717) is 0 Å². The molecule has 0 saturated heterocycles. The Morgan fingerprint density at radius 1 is 1.13 bits per heavy atom. The summed E-state index contributed by atoms with van der Waals surface area (Å²) >= 11 is 1.72. The standard InChI is InChI=1S/C13H8NS/c1-2-7-14-12(3-1)10-4-5-13-11(9-10)6-8-15-13/h1-5,7-9H. The number of benzene rings is 1. The van der Waals surface area contributed by atoms with Crippen LogP contribution in [0.15, 0.2) is 48.0 Å². The Morgan fingerprint density at radius 3 is 3.00 bits per heavy atom. The summed E-state index contributed by atoms with van der Waals surface area (Å²) in [5, 5.41) is 3.16. The van der Waals surface area contributed by atoms with Gasteiger partial charge in [-0.15, -0.1) is 11.3 Å². The molecule has 71 valence electrons. The van der Waals surface area contributed by atoms with Gasteiger partial charge < -0.3 is 0 Å². The normalized spacial score (nSPS) is 10.7. The zero-order valence-corrected chi connectivity index (χ0v) is 8.79. The molecule has 3 aromatic rings. The van der Waals surface area contributed by atoms with Crippen molar-refractivity contribution in [2.24, 2.45) is 0 Å². The van der Waals surface area contributed by atoms with E-state index in [1.165, 1.54) is 10.1 Å². The third-order valence-electron chi connectivity index (χ3n) is 2.34. The van der Waals surface area contributed by atoms with Crippen molar-refractivity contribution in [2.75, 3.05) is 0 Å². The highest BCUT2D eigenvalue weighted by Gasteiger charge is 2.00. The van der Waals surface area contributed by atoms with Crippen LogP contribution in [0, 0.1) is 6.07 Å². The van der Waals surface area contributed by atoms with Crippen molar-refractivity contribution in [2.45, 2.75) is 0 Å². The van der Waals surface area contributed by atoms with Crippen molar-refractivity contribution in [1.82, 2.24) is 4.98 Å². The molecule has 2 heterocycles. The van der Waals surface area contributed by atoms with Crippen molar-refractivity contribution in [3.8, 4) is 11.3 Å². The first-order valence-electron chi connectivity index (χ1n) is 4.74. The summed E-state index contributed by atoms with van der Waals surface area (Å²) in [5.74, 6) is 0. The van der Waals surface area contributed by atoms with Crippen LogP contribution in [0.4, 0.5) is 0 Å². The molecule has 0 saturated carbocycles. The van der Waals surface area contributed by atoms with Crippen molar-refractivity contribution in [1.29, 1.82) is 0 Å². The lowest BCUT2D eigenvalue weighted by molar-refractivity contribution is 1.33. The Balaban J connectivity index is 2.19. The van der Waals surface area contributed by atoms with Gasteiger partial charge in [0.15, 0.2) is 0 Å². The van der Waals surface area contributed by atoms with E-state index in [9.17, 15) is 0 Å². The van der Waals surface area contributed by atoms with Gasteiger partial charge in [0.05, 0.1) is 5.69 Å². The minimum absolute atomic E-state index is 1.01. The lowest BCUT2D eigenvalue weighted by Crippen LogP contribution is -1.80. The van der Waals surface area contributed by atoms with Gasteiger partial charge in [-0.05, 0) is 29.6 Å². The number of fused-ring (bicyclic) bond motifs is 1. The van der Waals surface area contributed by atoms with E-state index in [1.54, 1.807) is 11.3 Å². The molecule has 1 nitrogen and oxygen atoms in total. The first-order chi connectivity index (χ1) is 7.43. The van der Waals surface area contributed by atoms with Crippen LogP contribution in [0.1, 0.15) is 0 Å². The molecule has 0 spiro atoms. The molecule has 1 radical (unpaired) electrons. The number of rotatable bonds is 1. The molecule has 2 heteroatoms. The Kier molecular flexibility index (Phi) is 2.00. The molecule has 3 rings (SSSR count). The Labute approximate surface area is 92.0 Å². The van der Waals surface area contributed by atoms with Crippen molar-refractivity contribution in [3.63, 3.8) is 0 Å². The topological polar surface area (TPSA) is 12.9 Å². The second-order valence-electron chi connectivity index (χ2n) is 3.31. The molecule has 0 bridgehead atoms. The fourth-order valence-electron chi connectivity index (χ4n) is 1.59. The van der Waals surface area contributed by atoms with E-state index in [0.717, 1.165) is 11.3 Å². The average Bonchev–Trinajstić information content (AvgIpc) is 2.77. The van der Waals surface area contributed by atoms with Gasteiger partial charge in [-0.25, -0.2) is 0 Å². The van der Waals surface area contributed by atoms with Crippen LogP contribution < -0.4 is 0 Å². The summed E-state index contributed by atoms with van der Waals surface area (Å²) < 4.78 is 1.27. The second kappa shape index (κ2) is 3.48. The smallest absolute Gasteiger partial charge is 0.0702 e. The van der Waals surface area contributed by atoms with Gasteiger partial charge in [-0.3, -0.25) is 4.98 Å². The zero-order chi connectivity index (χ0) is 10.1. The monoisotopic (exact) mass is 210 g/mol. The van der Waals surface area contributed by atoms with Gasteiger partial charge in [-0.1, -0.05) is 12.1 Å². The van der Waals surface area contributed by atoms with E-state index in [2.05, 4.69) is 29.2 Å². The van der Waals surface area contributed by atoms with Crippen LogP contribution in [0.3, 0.4) is 0 Å². The molecule has 1 aromatic carbocycles. The first-order valence-corrected chi connectivity index (χ1v) is 5.62. The van der Waals surface area contributed by atoms with Crippen molar-refractivity contribution in [3.05, 3.63) is 54.0 Å². The third kappa shape index (κ3) is 1.53. The zero-order valence-electron chi connectivity index (χ0n) is 7.97. The van der Waals surface area contributed by atoms with Crippen LogP contribution in [0.25, 0.3) is 21.3 Å². The van der Waals surface area contributed by atoms with Crippen molar-refractivity contribution < 1.29 is 0 Å². The molecule has 15 heavy (non-hydrogen) atoms.